The minimum atomic E-state index is 0.115. The summed E-state index contributed by atoms with van der Waals surface area (Å²) in [4.78, 5) is 18.8. The summed E-state index contributed by atoms with van der Waals surface area (Å²) in [5.41, 5.74) is 2.20. The van der Waals surface area contributed by atoms with Crippen LogP contribution in [0.25, 0.3) is 11.3 Å². The molecule has 0 bridgehead atoms. The van der Waals surface area contributed by atoms with Crippen molar-refractivity contribution in [2.75, 3.05) is 32.8 Å². The fourth-order valence-electron chi connectivity index (χ4n) is 3.26. The van der Waals surface area contributed by atoms with Gasteiger partial charge in [-0.05, 0) is 25.7 Å². The van der Waals surface area contributed by atoms with Gasteiger partial charge in [0, 0.05) is 43.7 Å². The number of amides is 1. The summed E-state index contributed by atoms with van der Waals surface area (Å²) in [5, 5.41) is 6.73. The lowest BCUT2D eigenvalue weighted by molar-refractivity contribution is -0.137. The van der Waals surface area contributed by atoms with E-state index in [9.17, 15) is 4.79 Å². The average molecular weight is 374 g/mol. The third kappa shape index (κ3) is 5.37. The van der Waals surface area contributed by atoms with Gasteiger partial charge in [-0.25, -0.2) is 4.98 Å². The molecule has 140 valence electrons. The summed E-state index contributed by atoms with van der Waals surface area (Å²) < 4.78 is 5.25. The molecule has 1 atom stereocenters. The smallest absolute Gasteiger partial charge is 0.248 e. The quantitative estimate of drug-likeness (QED) is 0.772. The monoisotopic (exact) mass is 373 g/mol. The van der Waals surface area contributed by atoms with E-state index in [-0.39, 0.29) is 12.5 Å². The van der Waals surface area contributed by atoms with Crippen LogP contribution < -0.4 is 5.32 Å². The van der Waals surface area contributed by atoms with Crippen LogP contribution in [0.3, 0.4) is 0 Å². The van der Waals surface area contributed by atoms with Gasteiger partial charge in [-0.15, -0.1) is 11.3 Å². The molecule has 2 aromatic rings. The molecule has 2 heterocycles. The van der Waals surface area contributed by atoms with Crippen LogP contribution in [0.5, 0.6) is 0 Å². The molecule has 0 saturated carbocycles. The standard InChI is InChI=1S/C20H27N3O2S/c1-2-25-14-20(24)23-10-6-7-16(13-23)11-21-12-19-22-18(15-26-19)17-8-4-3-5-9-17/h3-5,8-9,15-16,21H,2,6-7,10-14H2,1H3/t16-/m0/s1. The first kappa shape index (κ1) is 19.0. The fourth-order valence-corrected chi connectivity index (χ4v) is 4.03. The molecule has 1 N–H and O–H groups in total. The number of piperidine rings is 1. The molecule has 1 aliphatic rings. The van der Waals surface area contributed by atoms with Crippen molar-refractivity contribution in [3.8, 4) is 11.3 Å². The summed E-state index contributed by atoms with van der Waals surface area (Å²) in [5.74, 6) is 0.617. The highest BCUT2D eigenvalue weighted by Crippen LogP contribution is 2.21. The van der Waals surface area contributed by atoms with Crippen LogP contribution in [0.1, 0.15) is 24.8 Å². The second-order valence-corrected chi connectivity index (χ2v) is 7.55. The van der Waals surface area contributed by atoms with Gasteiger partial charge in [0.05, 0.1) is 5.69 Å². The number of nitrogens with zero attached hydrogens (tertiary/aromatic N) is 2. The molecular formula is C20H27N3O2S. The molecule has 3 rings (SSSR count). The van der Waals surface area contributed by atoms with E-state index >= 15 is 0 Å². The number of thiazole rings is 1. The highest BCUT2D eigenvalue weighted by Gasteiger charge is 2.23. The SMILES string of the molecule is CCOCC(=O)N1CCC[C@@H](CNCc2nc(-c3ccccc3)cs2)C1. The van der Waals surface area contributed by atoms with Gasteiger partial charge in [0.2, 0.25) is 5.91 Å². The van der Waals surface area contributed by atoms with Crippen molar-refractivity contribution in [2.24, 2.45) is 5.92 Å². The number of nitrogens with one attached hydrogen (secondary N) is 1. The Bertz CT molecular complexity index is 689. The molecular weight excluding hydrogens is 346 g/mol. The van der Waals surface area contributed by atoms with E-state index in [2.05, 4.69) is 22.8 Å². The summed E-state index contributed by atoms with van der Waals surface area (Å²) in [6, 6.07) is 10.3. The van der Waals surface area contributed by atoms with Gasteiger partial charge in [-0.2, -0.15) is 0 Å². The van der Waals surface area contributed by atoms with Gasteiger partial charge in [-0.3, -0.25) is 4.79 Å². The van der Waals surface area contributed by atoms with Crippen LogP contribution in [-0.4, -0.2) is 48.6 Å². The number of hydrogen-bond acceptors (Lipinski definition) is 5. The summed E-state index contributed by atoms with van der Waals surface area (Å²) in [6.07, 6.45) is 2.23. The van der Waals surface area contributed by atoms with Crippen LogP contribution in [0, 0.1) is 5.92 Å². The van der Waals surface area contributed by atoms with E-state index in [0.717, 1.165) is 48.9 Å². The molecule has 0 radical (unpaired) electrons. The van der Waals surface area contributed by atoms with E-state index in [1.165, 1.54) is 6.42 Å². The number of aromatic nitrogens is 1. The lowest BCUT2D eigenvalue weighted by Gasteiger charge is -2.32. The van der Waals surface area contributed by atoms with Crippen LogP contribution in [0.4, 0.5) is 0 Å². The van der Waals surface area contributed by atoms with Gasteiger partial charge in [0.15, 0.2) is 0 Å². The minimum Gasteiger partial charge on any atom is -0.372 e. The molecule has 6 heteroatoms. The number of ether oxygens (including phenoxy) is 1. The Morgan fingerprint density at radius 3 is 3.04 bits per heavy atom. The van der Waals surface area contributed by atoms with Crippen LogP contribution in [-0.2, 0) is 16.1 Å². The molecule has 1 fully saturated rings. The fraction of sp³-hybridized carbons (Fsp3) is 0.500. The van der Waals surface area contributed by atoms with E-state index in [0.29, 0.717) is 12.5 Å². The Morgan fingerprint density at radius 1 is 1.38 bits per heavy atom. The number of rotatable bonds is 8. The van der Waals surface area contributed by atoms with Gasteiger partial charge in [-0.1, -0.05) is 30.3 Å². The van der Waals surface area contributed by atoms with Crippen molar-refractivity contribution < 1.29 is 9.53 Å². The summed E-state index contributed by atoms with van der Waals surface area (Å²) >= 11 is 1.69. The zero-order chi connectivity index (χ0) is 18.2. The molecule has 5 nitrogen and oxygen atoms in total. The maximum atomic E-state index is 12.1. The largest absolute Gasteiger partial charge is 0.372 e. The zero-order valence-electron chi connectivity index (χ0n) is 15.3. The van der Waals surface area contributed by atoms with Gasteiger partial charge < -0.3 is 15.0 Å². The van der Waals surface area contributed by atoms with Crippen molar-refractivity contribution in [3.63, 3.8) is 0 Å². The maximum Gasteiger partial charge on any atom is 0.248 e. The predicted octanol–water partition coefficient (Wildman–Crippen LogP) is 3.17. The first-order chi connectivity index (χ1) is 12.8. The van der Waals surface area contributed by atoms with Crippen LogP contribution in [0.15, 0.2) is 35.7 Å². The molecule has 1 aromatic heterocycles. The van der Waals surface area contributed by atoms with Crippen molar-refractivity contribution in [1.29, 1.82) is 0 Å². The molecule has 0 aliphatic carbocycles. The van der Waals surface area contributed by atoms with E-state index in [4.69, 9.17) is 9.72 Å². The Morgan fingerprint density at radius 2 is 2.23 bits per heavy atom. The number of hydrogen-bond donors (Lipinski definition) is 1. The zero-order valence-corrected chi connectivity index (χ0v) is 16.1. The Labute approximate surface area is 159 Å². The van der Waals surface area contributed by atoms with E-state index in [1.54, 1.807) is 11.3 Å². The van der Waals surface area contributed by atoms with Crippen molar-refractivity contribution >= 4 is 17.2 Å². The number of benzene rings is 1. The van der Waals surface area contributed by atoms with Crippen molar-refractivity contribution in [1.82, 2.24) is 15.2 Å². The summed E-state index contributed by atoms with van der Waals surface area (Å²) in [6.45, 7) is 6.08. The first-order valence-corrected chi connectivity index (χ1v) is 10.2. The Balaban J connectivity index is 1.43. The molecule has 1 saturated heterocycles. The molecule has 26 heavy (non-hydrogen) atoms. The third-order valence-electron chi connectivity index (χ3n) is 4.63. The molecule has 0 unspecified atom stereocenters. The highest BCUT2D eigenvalue weighted by molar-refractivity contribution is 7.09. The topological polar surface area (TPSA) is 54.5 Å². The Kier molecular flexibility index (Phi) is 7.17. The van der Waals surface area contributed by atoms with E-state index in [1.807, 2.05) is 30.0 Å². The number of likely N-dealkylation sites (tertiary alicyclic amines) is 1. The first-order valence-electron chi connectivity index (χ1n) is 9.32. The third-order valence-corrected chi connectivity index (χ3v) is 5.48. The molecule has 1 aromatic carbocycles. The highest BCUT2D eigenvalue weighted by atomic mass is 32.1. The lowest BCUT2D eigenvalue weighted by atomic mass is 9.98. The molecule has 1 amide bonds. The van der Waals surface area contributed by atoms with Crippen LogP contribution in [0.2, 0.25) is 0 Å². The average Bonchev–Trinajstić information content (AvgIpc) is 3.16. The molecule has 0 spiro atoms. The van der Waals surface area contributed by atoms with Crippen molar-refractivity contribution in [2.45, 2.75) is 26.3 Å². The van der Waals surface area contributed by atoms with Gasteiger partial charge in [0.1, 0.15) is 11.6 Å². The lowest BCUT2D eigenvalue weighted by Crippen LogP contribution is -2.44. The maximum absolute atomic E-state index is 12.1. The predicted molar refractivity (Wildman–Crippen MR) is 105 cm³/mol. The number of carbonyl (C=O) groups is 1. The number of carbonyl (C=O) groups excluding carboxylic acids is 1. The Hall–Kier alpha value is -1.76. The van der Waals surface area contributed by atoms with Gasteiger partial charge >= 0.3 is 0 Å². The van der Waals surface area contributed by atoms with Crippen molar-refractivity contribution in [3.05, 3.63) is 40.7 Å². The molecule has 1 aliphatic heterocycles. The minimum absolute atomic E-state index is 0.115. The normalized spacial score (nSPS) is 17.4. The second kappa shape index (κ2) is 9.80. The second-order valence-electron chi connectivity index (χ2n) is 6.61. The summed E-state index contributed by atoms with van der Waals surface area (Å²) in [7, 11) is 0. The van der Waals surface area contributed by atoms with Gasteiger partial charge in [0.25, 0.3) is 0 Å². The van der Waals surface area contributed by atoms with E-state index < -0.39 is 0 Å². The van der Waals surface area contributed by atoms with Crippen LogP contribution >= 0.6 is 11.3 Å².